The maximum atomic E-state index is 9.83. The zero-order valence-electron chi connectivity index (χ0n) is 9.67. The van der Waals surface area contributed by atoms with Crippen molar-refractivity contribution >= 4 is 5.65 Å². The molecule has 1 atom stereocenters. The van der Waals surface area contributed by atoms with Gasteiger partial charge in [-0.1, -0.05) is 13.8 Å². The van der Waals surface area contributed by atoms with Gasteiger partial charge in [-0.2, -0.15) is 5.10 Å². The van der Waals surface area contributed by atoms with Crippen LogP contribution in [0.4, 0.5) is 0 Å². The number of nitrogens with zero attached hydrogens (tertiary/aromatic N) is 3. The van der Waals surface area contributed by atoms with E-state index in [-0.39, 0.29) is 6.10 Å². The SMILES string of the molecule is CC(C)CC(O)Cc1ccn2nccc2n1. The molecule has 0 radical (unpaired) electrons. The zero-order valence-corrected chi connectivity index (χ0v) is 9.67. The lowest BCUT2D eigenvalue weighted by molar-refractivity contribution is 0.148. The fourth-order valence-electron chi connectivity index (χ4n) is 1.83. The van der Waals surface area contributed by atoms with Gasteiger partial charge in [0.1, 0.15) is 0 Å². The summed E-state index contributed by atoms with van der Waals surface area (Å²) in [5, 5.41) is 13.9. The Kier molecular flexibility index (Phi) is 3.19. The van der Waals surface area contributed by atoms with Gasteiger partial charge in [-0.25, -0.2) is 9.50 Å². The van der Waals surface area contributed by atoms with Crippen molar-refractivity contribution in [2.24, 2.45) is 5.92 Å². The summed E-state index contributed by atoms with van der Waals surface area (Å²) in [6.45, 7) is 4.22. The summed E-state index contributed by atoms with van der Waals surface area (Å²) in [4.78, 5) is 4.42. The molecule has 86 valence electrons. The first-order valence-corrected chi connectivity index (χ1v) is 5.62. The highest BCUT2D eigenvalue weighted by Gasteiger charge is 2.09. The standard InChI is InChI=1S/C12H17N3O/c1-9(2)7-11(16)8-10-4-6-15-12(14-10)3-5-13-15/h3-6,9,11,16H,7-8H2,1-2H3. The van der Waals surface area contributed by atoms with Gasteiger partial charge in [-0.15, -0.1) is 0 Å². The van der Waals surface area contributed by atoms with Gasteiger partial charge in [0.05, 0.1) is 12.3 Å². The second-order valence-electron chi connectivity index (χ2n) is 4.54. The van der Waals surface area contributed by atoms with Crippen LogP contribution in [0.25, 0.3) is 5.65 Å². The second-order valence-corrected chi connectivity index (χ2v) is 4.54. The summed E-state index contributed by atoms with van der Waals surface area (Å²) in [5.41, 5.74) is 1.75. The normalized spacial score (nSPS) is 13.5. The van der Waals surface area contributed by atoms with Gasteiger partial charge in [0.25, 0.3) is 0 Å². The van der Waals surface area contributed by atoms with E-state index in [1.165, 1.54) is 0 Å². The molecule has 0 aromatic carbocycles. The molecule has 1 unspecified atom stereocenters. The molecule has 2 aromatic heterocycles. The summed E-state index contributed by atoms with van der Waals surface area (Å²) >= 11 is 0. The Labute approximate surface area is 94.9 Å². The number of hydrogen-bond donors (Lipinski definition) is 1. The molecular formula is C12H17N3O. The average Bonchev–Trinajstić information content (AvgIpc) is 2.63. The minimum Gasteiger partial charge on any atom is -0.393 e. The van der Waals surface area contributed by atoms with Crippen LogP contribution in [-0.4, -0.2) is 25.8 Å². The molecule has 2 aromatic rings. The third-order valence-corrected chi connectivity index (χ3v) is 2.50. The van der Waals surface area contributed by atoms with Crippen LogP contribution in [0.5, 0.6) is 0 Å². The molecule has 0 aliphatic heterocycles. The van der Waals surface area contributed by atoms with Crippen LogP contribution < -0.4 is 0 Å². The van der Waals surface area contributed by atoms with E-state index >= 15 is 0 Å². The van der Waals surface area contributed by atoms with Crippen LogP contribution in [0.15, 0.2) is 24.5 Å². The maximum Gasteiger partial charge on any atom is 0.155 e. The third kappa shape index (κ3) is 2.58. The highest BCUT2D eigenvalue weighted by molar-refractivity contribution is 5.36. The van der Waals surface area contributed by atoms with Crippen molar-refractivity contribution in [2.45, 2.75) is 32.8 Å². The molecule has 0 bridgehead atoms. The Hall–Kier alpha value is -1.42. The van der Waals surface area contributed by atoms with Gasteiger partial charge in [0, 0.05) is 24.4 Å². The van der Waals surface area contributed by atoms with Crippen molar-refractivity contribution in [3.05, 3.63) is 30.2 Å². The first-order chi connectivity index (χ1) is 7.65. The predicted molar refractivity (Wildman–Crippen MR) is 62.2 cm³/mol. The zero-order chi connectivity index (χ0) is 11.5. The molecule has 1 N–H and O–H groups in total. The largest absolute Gasteiger partial charge is 0.393 e. The lowest BCUT2D eigenvalue weighted by Crippen LogP contribution is -2.14. The Morgan fingerprint density at radius 2 is 2.19 bits per heavy atom. The lowest BCUT2D eigenvalue weighted by atomic mass is 10.0. The Balaban J connectivity index is 2.08. The van der Waals surface area contributed by atoms with Gasteiger partial charge in [0.2, 0.25) is 0 Å². The second kappa shape index (κ2) is 4.61. The molecule has 4 heteroatoms. The van der Waals surface area contributed by atoms with Crippen LogP contribution in [0.2, 0.25) is 0 Å². The van der Waals surface area contributed by atoms with E-state index in [1.54, 1.807) is 10.7 Å². The van der Waals surface area contributed by atoms with E-state index in [0.717, 1.165) is 17.8 Å². The highest BCUT2D eigenvalue weighted by atomic mass is 16.3. The van der Waals surface area contributed by atoms with Crippen molar-refractivity contribution in [2.75, 3.05) is 0 Å². The Bertz CT molecular complexity index is 464. The number of hydrogen-bond acceptors (Lipinski definition) is 3. The predicted octanol–water partition coefficient (Wildman–Crippen LogP) is 1.68. The number of aliphatic hydroxyl groups excluding tert-OH is 1. The quantitative estimate of drug-likeness (QED) is 0.851. The minimum absolute atomic E-state index is 0.308. The molecule has 0 amide bonds. The molecule has 0 fully saturated rings. The summed E-state index contributed by atoms with van der Waals surface area (Å²) in [7, 11) is 0. The van der Waals surface area contributed by atoms with E-state index < -0.39 is 0 Å². The fourth-order valence-corrected chi connectivity index (χ4v) is 1.83. The van der Waals surface area contributed by atoms with Crippen LogP contribution in [-0.2, 0) is 6.42 Å². The topological polar surface area (TPSA) is 50.4 Å². The molecule has 4 nitrogen and oxygen atoms in total. The molecule has 0 spiro atoms. The van der Waals surface area contributed by atoms with Crippen LogP contribution in [0, 0.1) is 5.92 Å². The van der Waals surface area contributed by atoms with Gasteiger partial charge in [-0.3, -0.25) is 0 Å². The molecule has 2 heterocycles. The number of aromatic nitrogens is 3. The average molecular weight is 219 g/mol. The van der Waals surface area contributed by atoms with Gasteiger partial charge < -0.3 is 5.11 Å². The van der Waals surface area contributed by atoms with Gasteiger partial charge >= 0.3 is 0 Å². The molecule has 0 saturated heterocycles. The Morgan fingerprint density at radius 1 is 1.38 bits per heavy atom. The van der Waals surface area contributed by atoms with Crippen LogP contribution in [0.3, 0.4) is 0 Å². The van der Waals surface area contributed by atoms with Crippen molar-refractivity contribution in [3.8, 4) is 0 Å². The molecule has 0 aliphatic carbocycles. The van der Waals surface area contributed by atoms with Gasteiger partial charge in [-0.05, 0) is 18.4 Å². The third-order valence-electron chi connectivity index (χ3n) is 2.50. The molecule has 16 heavy (non-hydrogen) atoms. The lowest BCUT2D eigenvalue weighted by Gasteiger charge is -2.12. The molecular weight excluding hydrogens is 202 g/mol. The monoisotopic (exact) mass is 219 g/mol. The van der Waals surface area contributed by atoms with E-state index in [2.05, 4.69) is 23.9 Å². The smallest absolute Gasteiger partial charge is 0.155 e. The van der Waals surface area contributed by atoms with E-state index in [0.29, 0.717) is 12.3 Å². The van der Waals surface area contributed by atoms with Crippen molar-refractivity contribution in [3.63, 3.8) is 0 Å². The minimum atomic E-state index is -0.308. The number of fused-ring (bicyclic) bond motifs is 1. The van der Waals surface area contributed by atoms with Crippen molar-refractivity contribution in [1.29, 1.82) is 0 Å². The number of aliphatic hydroxyl groups is 1. The fraction of sp³-hybridized carbons (Fsp3) is 0.500. The molecule has 2 rings (SSSR count). The van der Waals surface area contributed by atoms with E-state index in [9.17, 15) is 5.11 Å². The van der Waals surface area contributed by atoms with Crippen molar-refractivity contribution < 1.29 is 5.11 Å². The van der Waals surface area contributed by atoms with Crippen molar-refractivity contribution in [1.82, 2.24) is 14.6 Å². The van der Waals surface area contributed by atoms with E-state index in [1.807, 2.05) is 18.3 Å². The summed E-state index contributed by atoms with van der Waals surface area (Å²) in [5.74, 6) is 0.508. The van der Waals surface area contributed by atoms with Crippen LogP contribution in [0.1, 0.15) is 26.0 Å². The first-order valence-electron chi connectivity index (χ1n) is 5.62. The van der Waals surface area contributed by atoms with Gasteiger partial charge in [0.15, 0.2) is 5.65 Å². The summed E-state index contributed by atoms with van der Waals surface area (Å²) in [6.07, 6.45) is 4.71. The molecule has 0 saturated carbocycles. The maximum absolute atomic E-state index is 9.83. The van der Waals surface area contributed by atoms with E-state index in [4.69, 9.17) is 0 Å². The summed E-state index contributed by atoms with van der Waals surface area (Å²) < 4.78 is 1.72. The number of rotatable bonds is 4. The van der Waals surface area contributed by atoms with Crippen LogP contribution >= 0.6 is 0 Å². The molecule has 0 aliphatic rings. The highest BCUT2D eigenvalue weighted by Crippen LogP contribution is 2.10. The Morgan fingerprint density at radius 3 is 2.94 bits per heavy atom. The summed E-state index contributed by atoms with van der Waals surface area (Å²) in [6, 6.07) is 3.77. The first kappa shape index (κ1) is 11.1.